The lowest BCUT2D eigenvalue weighted by molar-refractivity contribution is 1.08. The van der Waals surface area contributed by atoms with E-state index in [-0.39, 0.29) is 0 Å². The van der Waals surface area contributed by atoms with Gasteiger partial charge in [-0.3, -0.25) is 0 Å². The Morgan fingerprint density at radius 1 is 1.00 bits per heavy atom. The Morgan fingerprint density at radius 3 is 2.50 bits per heavy atom. The summed E-state index contributed by atoms with van der Waals surface area (Å²) in [7, 11) is 0. The number of nitrogens with one attached hydrogen (secondary N) is 1. The maximum Gasteiger partial charge on any atom is 0.0475 e. The number of fused-ring (bicyclic) bond motifs is 1. The van der Waals surface area contributed by atoms with Crippen LogP contribution in [0.2, 0.25) is 0 Å². The van der Waals surface area contributed by atoms with Gasteiger partial charge in [-0.25, -0.2) is 0 Å². The van der Waals surface area contributed by atoms with Crippen LogP contribution in [0.1, 0.15) is 25.1 Å². The van der Waals surface area contributed by atoms with Crippen LogP contribution in [0.4, 0.5) is 0 Å². The average molecular weight is 259 g/mol. The van der Waals surface area contributed by atoms with E-state index < -0.39 is 0 Å². The molecule has 0 fully saturated rings. The van der Waals surface area contributed by atoms with Gasteiger partial charge in [0.2, 0.25) is 0 Å². The SMILES string of the molecule is CC#Cc1cccc2[nH]c(CC)c(-c3ccccc3)c12. The van der Waals surface area contributed by atoms with Crippen LogP contribution in [-0.4, -0.2) is 4.98 Å². The first-order valence-electron chi connectivity index (χ1n) is 6.97. The summed E-state index contributed by atoms with van der Waals surface area (Å²) in [5.41, 5.74) is 6.08. The molecule has 0 atom stereocenters. The molecule has 20 heavy (non-hydrogen) atoms. The smallest absolute Gasteiger partial charge is 0.0475 e. The molecular weight excluding hydrogens is 242 g/mol. The van der Waals surface area contributed by atoms with Gasteiger partial charge in [0.05, 0.1) is 0 Å². The Bertz CT molecular complexity index is 798. The van der Waals surface area contributed by atoms with Crippen molar-refractivity contribution in [2.24, 2.45) is 0 Å². The predicted molar refractivity (Wildman–Crippen MR) is 85.7 cm³/mol. The van der Waals surface area contributed by atoms with E-state index >= 15 is 0 Å². The van der Waals surface area contributed by atoms with Gasteiger partial charge in [-0.15, -0.1) is 5.92 Å². The van der Waals surface area contributed by atoms with Crippen molar-refractivity contribution in [2.45, 2.75) is 20.3 Å². The Kier molecular flexibility index (Phi) is 3.31. The summed E-state index contributed by atoms with van der Waals surface area (Å²) in [6, 6.07) is 16.8. The number of aryl methyl sites for hydroxylation is 1. The number of aromatic nitrogens is 1. The number of hydrogen-bond donors (Lipinski definition) is 1. The lowest BCUT2D eigenvalue weighted by Gasteiger charge is -2.04. The zero-order valence-electron chi connectivity index (χ0n) is 11.8. The molecule has 0 spiro atoms. The van der Waals surface area contributed by atoms with Crippen molar-refractivity contribution >= 4 is 10.9 Å². The molecule has 1 nitrogen and oxygen atoms in total. The molecule has 0 saturated heterocycles. The first-order valence-corrected chi connectivity index (χ1v) is 6.97. The number of hydrogen-bond acceptors (Lipinski definition) is 0. The highest BCUT2D eigenvalue weighted by atomic mass is 14.7. The van der Waals surface area contributed by atoms with E-state index in [4.69, 9.17) is 0 Å². The van der Waals surface area contributed by atoms with Crippen LogP contribution in [0.15, 0.2) is 48.5 Å². The monoisotopic (exact) mass is 259 g/mol. The quantitative estimate of drug-likeness (QED) is 0.638. The molecular formula is C19H17N. The third-order valence-electron chi connectivity index (χ3n) is 3.58. The molecule has 98 valence electrons. The number of H-pyrrole nitrogens is 1. The summed E-state index contributed by atoms with van der Waals surface area (Å²) in [6.07, 6.45) is 0.984. The highest BCUT2D eigenvalue weighted by Crippen LogP contribution is 2.34. The van der Waals surface area contributed by atoms with Crippen molar-refractivity contribution in [3.63, 3.8) is 0 Å². The molecule has 0 aliphatic rings. The van der Waals surface area contributed by atoms with Crippen LogP contribution in [0.25, 0.3) is 22.0 Å². The van der Waals surface area contributed by atoms with Crippen molar-refractivity contribution in [1.29, 1.82) is 0 Å². The number of aromatic amines is 1. The first-order chi connectivity index (χ1) is 9.85. The van der Waals surface area contributed by atoms with Gasteiger partial charge in [0.25, 0.3) is 0 Å². The maximum atomic E-state index is 3.54. The Hall–Kier alpha value is -2.46. The molecule has 0 radical (unpaired) electrons. The van der Waals surface area contributed by atoms with Crippen molar-refractivity contribution in [3.8, 4) is 23.0 Å². The molecule has 3 aromatic rings. The topological polar surface area (TPSA) is 15.8 Å². The van der Waals surface area contributed by atoms with Gasteiger partial charge in [0.1, 0.15) is 0 Å². The number of rotatable bonds is 2. The molecule has 1 heteroatoms. The van der Waals surface area contributed by atoms with E-state index in [2.05, 4.69) is 72.3 Å². The lowest BCUT2D eigenvalue weighted by atomic mass is 9.98. The summed E-state index contributed by atoms with van der Waals surface area (Å²) in [5.74, 6) is 6.25. The van der Waals surface area contributed by atoms with Crippen LogP contribution < -0.4 is 0 Å². The van der Waals surface area contributed by atoms with E-state index in [0.717, 1.165) is 12.0 Å². The predicted octanol–water partition coefficient (Wildman–Crippen LogP) is 4.77. The normalized spacial score (nSPS) is 10.3. The minimum absolute atomic E-state index is 0.984. The number of benzene rings is 2. The zero-order valence-corrected chi connectivity index (χ0v) is 11.8. The molecule has 0 saturated carbocycles. The largest absolute Gasteiger partial charge is 0.358 e. The maximum absolute atomic E-state index is 3.54. The van der Waals surface area contributed by atoms with Crippen molar-refractivity contribution < 1.29 is 0 Å². The summed E-state index contributed by atoms with van der Waals surface area (Å²) >= 11 is 0. The van der Waals surface area contributed by atoms with Gasteiger partial charge in [-0.05, 0) is 31.0 Å². The Balaban J connectivity index is 2.41. The van der Waals surface area contributed by atoms with Crippen LogP contribution in [-0.2, 0) is 6.42 Å². The third kappa shape index (κ3) is 2.00. The molecule has 0 aliphatic carbocycles. The third-order valence-corrected chi connectivity index (χ3v) is 3.58. The zero-order chi connectivity index (χ0) is 13.9. The molecule has 1 N–H and O–H groups in total. The summed E-state index contributed by atoms with van der Waals surface area (Å²) in [6.45, 7) is 4.07. The van der Waals surface area contributed by atoms with Crippen LogP contribution >= 0.6 is 0 Å². The average Bonchev–Trinajstić information content (AvgIpc) is 2.88. The molecule has 1 heterocycles. The summed E-state index contributed by atoms with van der Waals surface area (Å²) in [5, 5.41) is 1.24. The molecule has 3 rings (SSSR count). The molecule has 0 amide bonds. The highest BCUT2D eigenvalue weighted by Gasteiger charge is 2.14. The second-order valence-corrected chi connectivity index (χ2v) is 4.80. The summed E-state index contributed by atoms with van der Waals surface area (Å²) < 4.78 is 0. The second kappa shape index (κ2) is 5.27. The van der Waals surface area contributed by atoms with E-state index in [0.29, 0.717) is 0 Å². The van der Waals surface area contributed by atoms with Crippen molar-refractivity contribution in [1.82, 2.24) is 4.98 Å². The van der Waals surface area contributed by atoms with Gasteiger partial charge in [-0.1, -0.05) is 49.2 Å². The van der Waals surface area contributed by atoms with E-state index in [1.165, 1.54) is 27.7 Å². The second-order valence-electron chi connectivity index (χ2n) is 4.80. The molecule has 2 aromatic carbocycles. The van der Waals surface area contributed by atoms with Crippen LogP contribution in [0.5, 0.6) is 0 Å². The van der Waals surface area contributed by atoms with E-state index in [9.17, 15) is 0 Å². The highest BCUT2D eigenvalue weighted by molar-refractivity contribution is 6.01. The van der Waals surface area contributed by atoms with Gasteiger partial charge in [-0.2, -0.15) is 0 Å². The Morgan fingerprint density at radius 2 is 1.80 bits per heavy atom. The van der Waals surface area contributed by atoms with Gasteiger partial charge in [0.15, 0.2) is 0 Å². The van der Waals surface area contributed by atoms with E-state index in [1.807, 2.05) is 6.92 Å². The molecule has 0 bridgehead atoms. The lowest BCUT2D eigenvalue weighted by Crippen LogP contribution is -1.85. The van der Waals surface area contributed by atoms with Crippen LogP contribution in [0, 0.1) is 11.8 Å². The van der Waals surface area contributed by atoms with Crippen LogP contribution in [0.3, 0.4) is 0 Å². The van der Waals surface area contributed by atoms with Gasteiger partial charge < -0.3 is 4.98 Å². The van der Waals surface area contributed by atoms with Gasteiger partial charge >= 0.3 is 0 Å². The fourth-order valence-corrected chi connectivity index (χ4v) is 2.73. The molecule has 0 unspecified atom stereocenters. The standard InChI is InChI=1S/C19H17N/c1-3-9-14-12-8-13-17-19(14)18(16(4-2)20-17)15-10-6-5-7-11-15/h5-8,10-13,20H,4H2,1-2H3. The Labute approximate surface area is 119 Å². The van der Waals surface area contributed by atoms with Gasteiger partial charge in [0, 0.05) is 27.7 Å². The minimum atomic E-state index is 0.984. The fraction of sp³-hybridized carbons (Fsp3) is 0.158. The summed E-state index contributed by atoms with van der Waals surface area (Å²) in [4.78, 5) is 3.54. The first kappa shape index (κ1) is 12.6. The fourth-order valence-electron chi connectivity index (χ4n) is 2.73. The molecule has 1 aromatic heterocycles. The molecule has 0 aliphatic heterocycles. The van der Waals surface area contributed by atoms with Crippen molar-refractivity contribution in [2.75, 3.05) is 0 Å². The van der Waals surface area contributed by atoms with Crippen molar-refractivity contribution in [3.05, 3.63) is 59.8 Å². The van der Waals surface area contributed by atoms with E-state index in [1.54, 1.807) is 0 Å². The minimum Gasteiger partial charge on any atom is -0.358 e.